The van der Waals surface area contributed by atoms with Gasteiger partial charge in [-0.05, 0) is 28.1 Å². The molecule has 20 heavy (non-hydrogen) atoms. The Bertz CT molecular complexity index is 639. The molecule has 0 aliphatic heterocycles. The van der Waals surface area contributed by atoms with Gasteiger partial charge in [-0.25, -0.2) is 9.07 Å². The molecule has 0 unspecified atom stereocenters. The monoisotopic (exact) mass is 287 g/mol. The zero-order valence-corrected chi connectivity index (χ0v) is 9.97. The molecular weight excluding hydrogens is 278 g/mol. The lowest BCUT2D eigenvalue weighted by atomic mass is 10.0. The Kier molecular flexibility index (Phi) is 2.50. The summed E-state index contributed by atoms with van der Waals surface area (Å²) in [5, 5.41) is 10.4. The topological polar surface area (TPSA) is 69.6 Å². The third-order valence-electron chi connectivity index (χ3n) is 3.39. The first-order valence-corrected chi connectivity index (χ1v) is 5.71. The van der Waals surface area contributed by atoms with Crippen LogP contribution in [0.5, 0.6) is 0 Å². The van der Waals surface area contributed by atoms with E-state index in [0.29, 0.717) is 5.69 Å². The molecule has 1 saturated carbocycles. The van der Waals surface area contributed by atoms with Gasteiger partial charge in [0.05, 0.1) is 5.69 Å². The number of halogens is 4. The van der Waals surface area contributed by atoms with Crippen molar-refractivity contribution in [1.82, 2.24) is 20.2 Å². The van der Waals surface area contributed by atoms with Crippen LogP contribution in [0.3, 0.4) is 0 Å². The Morgan fingerprint density at radius 2 is 2.10 bits per heavy atom. The van der Waals surface area contributed by atoms with E-state index < -0.39 is 24.2 Å². The minimum Gasteiger partial charge on any atom is -0.399 e. The van der Waals surface area contributed by atoms with Crippen LogP contribution in [0, 0.1) is 0 Å². The molecule has 106 valence electrons. The average Bonchev–Trinajstić information content (AvgIpc) is 2.86. The molecule has 0 spiro atoms. The molecule has 0 amide bonds. The summed E-state index contributed by atoms with van der Waals surface area (Å²) in [6.07, 6.45) is -4.28. The van der Waals surface area contributed by atoms with Gasteiger partial charge in [0.2, 0.25) is 5.67 Å². The first-order valence-electron chi connectivity index (χ1n) is 5.71. The number of hydrogen-bond donors (Lipinski definition) is 1. The van der Waals surface area contributed by atoms with Crippen LogP contribution in [0.15, 0.2) is 24.5 Å². The highest BCUT2D eigenvalue weighted by Crippen LogP contribution is 2.63. The Labute approximate surface area is 110 Å². The van der Waals surface area contributed by atoms with Gasteiger partial charge in [-0.15, -0.1) is 5.10 Å². The third kappa shape index (κ3) is 1.81. The van der Waals surface area contributed by atoms with E-state index in [0.717, 1.165) is 0 Å². The molecule has 2 atom stereocenters. The van der Waals surface area contributed by atoms with Crippen molar-refractivity contribution in [2.24, 2.45) is 0 Å². The molecule has 5 nitrogen and oxygen atoms in total. The Balaban J connectivity index is 2.05. The van der Waals surface area contributed by atoms with Crippen LogP contribution >= 0.6 is 0 Å². The van der Waals surface area contributed by atoms with Gasteiger partial charge in [0.15, 0.2) is 0 Å². The fourth-order valence-corrected chi connectivity index (χ4v) is 2.23. The molecule has 9 heteroatoms. The van der Waals surface area contributed by atoms with Crippen LogP contribution in [-0.4, -0.2) is 32.1 Å². The Morgan fingerprint density at radius 1 is 1.35 bits per heavy atom. The van der Waals surface area contributed by atoms with Crippen molar-refractivity contribution in [2.45, 2.75) is 24.2 Å². The second kappa shape index (κ2) is 3.90. The molecule has 0 radical (unpaired) electrons. The SMILES string of the molecule is Nc1ccc([C@@H]2C[C@@]2(F)C(F)(F)F)c(-n2cnnn2)c1. The number of rotatable bonds is 2. The molecule has 1 aromatic carbocycles. The zero-order valence-electron chi connectivity index (χ0n) is 9.97. The molecule has 0 saturated heterocycles. The van der Waals surface area contributed by atoms with Gasteiger partial charge in [0.1, 0.15) is 6.33 Å². The van der Waals surface area contributed by atoms with E-state index >= 15 is 0 Å². The van der Waals surface area contributed by atoms with Gasteiger partial charge in [-0.1, -0.05) is 6.07 Å². The van der Waals surface area contributed by atoms with Gasteiger partial charge in [0.25, 0.3) is 0 Å². The number of alkyl halides is 4. The third-order valence-corrected chi connectivity index (χ3v) is 3.39. The summed E-state index contributed by atoms with van der Waals surface area (Å²) in [5.41, 5.74) is 3.19. The maximum absolute atomic E-state index is 13.9. The van der Waals surface area contributed by atoms with Crippen LogP contribution in [0.1, 0.15) is 17.9 Å². The summed E-state index contributed by atoms with van der Waals surface area (Å²) in [4.78, 5) is 0. The minimum atomic E-state index is -4.89. The number of aromatic nitrogens is 4. The van der Waals surface area contributed by atoms with Gasteiger partial charge in [0, 0.05) is 18.0 Å². The number of benzene rings is 1. The van der Waals surface area contributed by atoms with Crippen molar-refractivity contribution in [1.29, 1.82) is 0 Å². The Hall–Kier alpha value is -2.19. The van der Waals surface area contributed by atoms with E-state index in [9.17, 15) is 17.6 Å². The highest BCUT2D eigenvalue weighted by molar-refractivity contribution is 5.56. The predicted octanol–water partition coefficient (Wildman–Crippen LogP) is 2.00. The van der Waals surface area contributed by atoms with Crippen molar-refractivity contribution in [3.05, 3.63) is 30.1 Å². The number of nitrogens with two attached hydrogens (primary N) is 1. The molecule has 1 aromatic heterocycles. The van der Waals surface area contributed by atoms with Crippen molar-refractivity contribution < 1.29 is 17.6 Å². The summed E-state index contributed by atoms with van der Waals surface area (Å²) in [5.74, 6) is -1.26. The minimum absolute atomic E-state index is 0.186. The van der Waals surface area contributed by atoms with Crippen molar-refractivity contribution in [2.75, 3.05) is 5.73 Å². The zero-order chi connectivity index (χ0) is 14.5. The highest BCUT2D eigenvalue weighted by atomic mass is 19.4. The van der Waals surface area contributed by atoms with E-state index in [4.69, 9.17) is 5.73 Å². The average molecular weight is 287 g/mol. The standard InChI is InChI=1S/C11H9F4N5/c12-10(11(13,14)15)4-8(10)7-2-1-6(16)3-9(7)20-5-17-18-19-20/h1-3,5,8H,4,16H2/t8-,10-/m0/s1. The summed E-state index contributed by atoms with van der Waals surface area (Å²) < 4.78 is 53.0. The fraction of sp³-hybridized carbons (Fsp3) is 0.364. The molecule has 1 fully saturated rings. The largest absolute Gasteiger partial charge is 0.423 e. The second-order valence-electron chi connectivity index (χ2n) is 4.69. The van der Waals surface area contributed by atoms with Gasteiger partial charge >= 0.3 is 6.18 Å². The van der Waals surface area contributed by atoms with Crippen molar-refractivity contribution in [3.8, 4) is 5.69 Å². The number of anilines is 1. The summed E-state index contributed by atoms with van der Waals surface area (Å²) in [6, 6.07) is 4.23. The van der Waals surface area contributed by atoms with E-state index in [1.165, 1.54) is 29.2 Å². The lowest BCUT2D eigenvalue weighted by Crippen LogP contribution is -2.28. The quantitative estimate of drug-likeness (QED) is 0.677. The summed E-state index contributed by atoms with van der Waals surface area (Å²) in [7, 11) is 0. The number of nitrogens with zero attached hydrogens (tertiary/aromatic N) is 4. The van der Waals surface area contributed by atoms with Crippen LogP contribution in [-0.2, 0) is 0 Å². The molecule has 1 heterocycles. The Morgan fingerprint density at radius 3 is 2.65 bits per heavy atom. The molecule has 2 N–H and O–H groups in total. The van der Waals surface area contributed by atoms with Crippen LogP contribution < -0.4 is 5.73 Å². The molecule has 3 rings (SSSR count). The van der Waals surface area contributed by atoms with Crippen LogP contribution in [0.4, 0.5) is 23.2 Å². The highest BCUT2D eigenvalue weighted by Gasteiger charge is 2.73. The number of tetrazole rings is 1. The van der Waals surface area contributed by atoms with Gasteiger partial charge < -0.3 is 5.73 Å². The lowest BCUT2D eigenvalue weighted by Gasteiger charge is -2.14. The predicted molar refractivity (Wildman–Crippen MR) is 60.8 cm³/mol. The summed E-state index contributed by atoms with van der Waals surface area (Å²) in [6.45, 7) is 0. The van der Waals surface area contributed by atoms with Crippen LogP contribution in [0.2, 0.25) is 0 Å². The number of nitrogen functional groups attached to an aromatic ring is 1. The first kappa shape index (κ1) is 12.8. The van der Waals surface area contributed by atoms with Crippen LogP contribution in [0.25, 0.3) is 5.69 Å². The fourth-order valence-electron chi connectivity index (χ4n) is 2.23. The smallest absolute Gasteiger partial charge is 0.399 e. The molecule has 1 aliphatic carbocycles. The second-order valence-corrected chi connectivity index (χ2v) is 4.69. The molecule has 2 aromatic rings. The van der Waals surface area contributed by atoms with E-state index in [-0.39, 0.29) is 11.3 Å². The molecular formula is C11H9F4N5. The summed E-state index contributed by atoms with van der Waals surface area (Å²) >= 11 is 0. The van der Waals surface area contributed by atoms with Gasteiger partial charge in [-0.2, -0.15) is 13.2 Å². The van der Waals surface area contributed by atoms with E-state index in [1.807, 2.05) is 0 Å². The van der Waals surface area contributed by atoms with Crippen molar-refractivity contribution >= 4 is 5.69 Å². The lowest BCUT2D eigenvalue weighted by molar-refractivity contribution is -0.194. The van der Waals surface area contributed by atoms with E-state index in [2.05, 4.69) is 15.5 Å². The van der Waals surface area contributed by atoms with Gasteiger partial charge in [-0.3, -0.25) is 0 Å². The van der Waals surface area contributed by atoms with Crippen molar-refractivity contribution in [3.63, 3.8) is 0 Å². The van der Waals surface area contributed by atoms with E-state index in [1.54, 1.807) is 0 Å². The maximum atomic E-state index is 13.9. The molecule has 1 aliphatic rings. The molecule has 0 bridgehead atoms. The first-order chi connectivity index (χ1) is 9.33. The maximum Gasteiger partial charge on any atom is 0.423 e. The number of hydrogen-bond acceptors (Lipinski definition) is 4. The normalized spacial score (nSPS) is 25.7.